The van der Waals surface area contributed by atoms with Gasteiger partial charge in [0.15, 0.2) is 0 Å². The van der Waals surface area contributed by atoms with Crippen molar-refractivity contribution in [3.63, 3.8) is 0 Å². The lowest BCUT2D eigenvalue weighted by Gasteiger charge is -2.09. The van der Waals surface area contributed by atoms with Gasteiger partial charge in [0.1, 0.15) is 0 Å². The summed E-state index contributed by atoms with van der Waals surface area (Å²) in [5, 5.41) is 6.45. The van der Waals surface area contributed by atoms with Crippen molar-refractivity contribution in [1.82, 2.24) is 9.97 Å². The quantitative estimate of drug-likeness (QED) is 0.711. The van der Waals surface area contributed by atoms with E-state index in [0.29, 0.717) is 22.2 Å². The maximum Gasteiger partial charge on any atom is 0.258 e. The number of benzene rings is 2. The number of nitrogens with zero attached hydrogens (tertiary/aromatic N) is 2. The number of hydrogen-bond acceptors (Lipinski definition) is 4. The second-order valence-corrected chi connectivity index (χ2v) is 6.14. The number of halogens is 1. The van der Waals surface area contributed by atoms with Crippen molar-refractivity contribution >= 4 is 34.8 Å². The molecule has 0 fully saturated rings. The molecule has 0 saturated heterocycles. The van der Waals surface area contributed by atoms with Gasteiger partial charge in [0.25, 0.3) is 5.91 Å². The van der Waals surface area contributed by atoms with E-state index in [9.17, 15) is 4.79 Å². The van der Waals surface area contributed by atoms with Crippen molar-refractivity contribution in [1.29, 1.82) is 0 Å². The summed E-state index contributed by atoms with van der Waals surface area (Å²) in [6.45, 7) is 3.97. The van der Waals surface area contributed by atoms with E-state index in [0.717, 1.165) is 16.8 Å². The second-order valence-electron chi connectivity index (χ2n) is 5.73. The van der Waals surface area contributed by atoms with E-state index >= 15 is 0 Å². The highest BCUT2D eigenvalue weighted by Gasteiger charge is 2.09. The largest absolute Gasteiger partial charge is 0.323 e. The Morgan fingerprint density at radius 3 is 2.28 bits per heavy atom. The molecule has 0 atom stereocenters. The zero-order valence-electron chi connectivity index (χ0n) is 13.9. The van der Waals surface area contributed by atoms with E-state index in [1.54, 1.807) is 6.07 Å². The van der Waals surface area contributed by atoms with Crippen molar-refractivity contribution in [2.75, 3.05) is 10.6 Å². The molecule has 1 amide bonds. The fourth-order valence-electron chi connectivity index (χ4n) is 2.44. The zero-order valence-corrected chi connectivity index (χ0v) is 14.6. The summed E-state index contributed by atoms with van der Waals surface area (Å²) in [5.74, 6) is 0.116. The van der Waals surface area contributed by atoms with E-state index in [2.05, 4.69) is 20.6 Å². The Kier molecular flexibility index (Phi) is 4.95. The lowest BCUT2D eigenvalue weighted by Crippen LogP contribution is -2.13. The van der Waals surface area contributed by atoms with Crippen LogP contribution >= 0.6 is 11.6 Å². The van der Waals surface area contributed by atoms with Crippen molar-refractivity contribution in [3.8, 4) is 0 Å². The second kappa shape index (κ2) is 7.32. The molecule has 0 radical (unpaired) electrons. The molecule has 1 aromatic heterocycles. The molecule has 6 heteroatoms. The highest BCUT2D eigenvalue weighted by atomic mass is 35.5. The highest BCUT2D eigenvalue weighted by molar-refractivity contribution is 6.33. The third-order valence-electron chi connectivity index (χ3n) is 3.51. The number of carbonyl (C=O) groups excluding carboxylic acids is 1. The number of aryl methyl sites for hydroxylation is 2. The van der Waals surface area contributed by atoms with Gasteiger partial charge in [-0.2, -0.15) is 0 Å². The van der Waals surface area contributed by atoms with Crippen LogP contribution in [0.1, 0.15) is 21.5 Å². The third-order valence-corrected chi connectivity index (χ3v) is 3.84. The number of rotatable bonds is 4. The third kappa shape index (κ3) is 4.33. The van der Waals surface area contributed by atoms with Crippen LogP contribution in [0, 0.1) is 13.8 Å². The van der Waals surface area contributed by atoms with Gasteiger partial charge in [0.05, 0.1) is 16.3 Å². The summed E-state index contributed by atoms with van der Waals surface area (Å²) in [4.78, 5) is 20.7. The van der Waals surface area contributed by atoms with Crippen molar-refractivity contribution < 1.29 is 4.79 Å². The molecule has 0 aliphatic rings. The number of amides is 1. The van der Waals surface area contributed by atoms with Crippen LogP contribution in [0.25, 0.3) is 0 Å². The minimum atomic E-state index is -0.255. The van der Waals surface area contributed by atoms with Crippen molar-refractivity contribution in [3.05, 3.63) is 76.6 Å². The van der Waals surface area contributed by atoms with Gasteiger partial charge < -0.3 is 10.6 Å². The van der Waals surface area contributed by atoms with Gasteiger partial charge in [-0.05, 0) is 49.2 Å². The number of carbonyl (C=O) groups is 1. The van der Waals surface area contributed by atoms with Gasteiger partial charge in [0, 0.05) is 18.1 Å². The summed E-state index contributed by atoms with van der Waals surface area (Å²) >= 11 is 6.09. The molecule has 2 N–H and O–H groups in total. The maximum atomic E-state index is 12.3. The van der Waals surface area contributed by atoms with Crippen LogP contribution in [-0.2, 0) is 0 Å². The Morgan fingerprint density at radius 1 is 1.00 bits per heavy atom. The van der Waals surface area contributed by atoms with Crippen molar-refractivity contribution in [2.24, 2.45) is 0 Å². The van der Waals surface area contributed by atoms with Crippen LogP contribution in [0.2, 0.25) is 5.02 Å². The lowest BCUT2D eigenvalue weighted by atomic mass is 10.1. The van der Waals surface area contributed by atoms with Gasteiger partial charge in [-0.3, -0.25) is 4.79 Å². The van der Waals surface area contributed by atoms with E-state index in [1.807, 2.05) is 50.2 Å². The standard InChI is InChI=1S/C19H17ClN4O/c1-12-7-13(2)9-15(8-12)23-18(25)14-10-21-19(22-11-14)24-17-6-4-3-5-16(17)20/h3-11H,1-2H3,(H,23,25)(H,21,22,24). The number of aromatic nitrogens is 2. The average molecular weight is 353 g/mol. The molecule has 3 aromatic rings. The molecule has 0 bridgehead atoms. The molecule has 126 valence electrons. The van der Waals surface area contributed by atoms with Crippen LogP contribution in [0.5, 0.6) is 0 Å². The number of nitrogens with one attached hydrogen (secondary N) is 2. The fraction of sp³-hybridized carbons (Fsp3) is 0.105. The Balaban J connectivity index is 1.71. The Bertz CT molecular complexity index is 889. The molecule has 3 rings (SSSR count). The first-order valence-electron chi connectivity index (χ1n) is 7.74. The first-order chi connectivity index (χ1) is 12.0. The molecule has 0 saturated carbocycles. The molecule has 0 aliphatic heterocycles. The van der Waals surface area contributed by atoms with E-state index in [-0.39, 0.29) is 5.91 Å². The van der Waals surface area contributed by atoms with E-state index in [4.69, 9.17) is 11.6 Å². The zero-order chi connectivity index (χ0) is 17.8. The molecule has 0 aliphatic carbocycles. The summed E-state index contributed by atoms with van der Waals surface area (Å²) in [7, 11) is 0. The molecular formula is C19H17ClN4O. The summed E-state index contributed by atoms with van der Waals surface area (Å²) in [6.07, 6.45) is 2.95. The number of para-hydroxylation sites is 1. The Hall–Kier alpha value is -2.92. The van der Waals surface area contributed by atoms with Crippen molar-refractivity contribution in [2.45, 2.75) is 13.8 Å². The highest BCUT2D eigenvalue weighted by Crippen LogP contribution is 2.23. The van der Waals surface area contributed by atoms with Gasteiger partial charge >= 0.3 is 0 Å². The summed E-state index contributed by atoms with van der Waals surface area (Å²) in [5.41, 5.74) is 4.01. The van der Waals surface area contributed by atoms with Crippen LogP contribution in [-0.4, -0.2) is 15.9 Å². The van der Waals surface area contributed by atoms with Gasteiger partial charge in [0.2, 0.25) is 5.95 Å². The van der Waals surface area contributed by atoms with Crippen LogP contribution < -0.4 is 10.6 Å². The SMILES string of the molecule is Cc1cc(C)cc(NC(=O)c2cnc(Nc3ccccc3Cl)nc2)c1. The topological polar surface area (TPSA) is 66.9 Å². The fourth-order valence-corrected chi connectivity index (χ4v) is 2.63. The van der Waals surface area contributed by atoms with E-state index < -0.39 is 0 Å². The average Bonchev–Trinajstić information content (AvgIpc) is 2.56. The number of hydrogen-bond donors (Lipinski definition) is 2. The molecule has 2 aromatic carbocycles. The molecule has 25 heavy (non-hydrogen) atoms. The predicted molar refractivity (Wildman–Crippen MR) is 101 cm³/mol. The van der Waals surface area contributed by atoms with E-state index in [1.165, 1.54) is 12.4 Å². The molecule has 0 spiro atoms. The van der Waals surface area contributed by atoms with Crippen LogP contribution in [0.4, 0.5) is 17.3 Å². The lowest BCUT2D eigenvalue weighted by molar-refractivity contribution is 0.102. The van der Waals surface area contributed by atoms with Gasteiger partial charge in [-0.25, -0.2) is 9.97 Å². The maximum absolute atomic E-state index is 12.3. The number of anilines is 3. The predicted octanol–water partition coefficient (Wildman–Crippen LogP) is 4.74. The van der Waals surface area contributed by atoms with Gasteiger partial charge in [-0.15, -0.1) is 0 Å². The molecule has 1 heterocycles. The Morgan fingerprint density at radius 2 is 1.64 bits per heavy atom. The molecule has 5 nitrogen and oxygen atoms in total. The van der Waals surface area contributed by atoms with Gasteiger partial charge in [-0.1, -0.05) is 29.8 Å². The molecular weight excluding hydrogens is 336 g/mol. The summed E-state index contributed by atoms with van der Waals surface area (Å²) in [6, 6.07) is 13.2. The smallest absolute Gasteiger partial charge is 0.258 e. The minimum Gasteiger partial charge on any atom is -0.323 e. The minimum absolute atomic E-state index is 0.255. The first kappa shape index (κ1) is 16.9. The monoisotopic (exact) mass is 352 g/mol. The summed E-state index contributed by atoms with van der Waals surface area (Å²) < 4.78 is 0. The normalized spacial score (nSPS) is 10.4. The van der Waals surface area contributed by atoms with Crippen LogP contribution in [0.3, 0.4) is 0 Å². The first-order valence-corrected chi connectivity index (χ1v) is 8.12. The molecule has 0 unspecified atom stereocenters. The Labute approximate surface area is 151 Å². The van der Waals surface area contributed by atoms with Crippen LogP contribution in [0.15, 0.2) is 54.9 Å².